The molecular weight excluding hydrogens is 356 g/mol. The van der Waals surface area contributed by atoms with Gasteiger partial charge in [-0.3, -0.25) is 0 Å². The van der Waals surface area contributed by atoms with Crippen molar-refractivity contribution in [3.8, 4) is 0 Å². The lowest BCUT2D eigenvalue weighted by Gasteiger charge is -2.32. The second-order valence-electron chi connectivity index (χ2n) is 6.76. The quantitative estimate of drug-likeness (QED) is 0.417. The maximum absolute atomic E-state index is 12.5. The molecule has 0 saturated carbocycles. The molecule has 7 heteroatoms. The van der Waals surface area contributed by atoms with Gasteiger partial charge in [0.15, 0.2) is 12.2 Å². The molecule has 2 aromatic rings. The van der Waals surface area contributed by atoms with Crippen LogP contribution in [0.2, 0.25) is 0 Å². The van der Waals surface area contributed by atoms with E-state index in [1.54, 1.807) is 20.8 Å². The van der Waals surface area contributed by atoms with Crippen LogP contribution < -0.4 is 10.4 Å². The van der Waals surface area contributed by atoms with Crippen molar-refractivity contribution in [2.45, 2.75) is 26.2 Å². The van der Waals surface area contributed by atoms with Crippen molar-refractivity contribution in [2.75, 3.05) is 6.79 Å². The van der Waals surface area contributed by atoms with Gasteiger partial charge in [0.2, 0.25) is 9.04 Å². The molecule has 0 saturated heterocycles. The molecule has 0 N–H and O–H groups in total. The van der Waals surface area contributed by atoms with Gasteiger partial charge in [0, 0.05) is 5.41 Å². The average molecular weight is 380 g/mol. The summed E-state index contributed by atoms with van der Waals surface area (Å²) in [5.74, 6) is 0. The summed E-state index contributed by atoms with van der Waals surface area (Å²) >= 11 is 0. The van der Waals surface area contributed by atoms with E-state index in [0.717, 1.165) is 10.4 Å². The van der Waals surface area contributed by atoms with Crippen LogP contribution in [0.15, 0.2) is 60.7 Å². The van der Waals surface area contributed by atoms with Gasteiger partial charge < -0.3 is 4.43 Å². The minimum Gasteiger partial charge on any atom is -0.392 e. The van der Waals surface area contributed by atoms with E-state index in [1.165, 1.54) is 0 Å². The lowest BCUT2D eigenvalue weighted by Crippen LogP contribution is -2.52. The normalized spacial score (nSPS) is 13.8. The Morgan fingerprint density at radius 1 is 0.920 bits per heavy atom. The molecule has 0 amide bonds. The third-order valence-corrected chi connectivity index (χ3v) is 8.14. The van der Waals surface area contributed by atoms with E-state index in [-0.39, 0.29) is 0 Å². The van der Waals surface area contributed by atoms with Crippen LogP contribution in [0.3, 0.4) is 0 Å². The van der Waals surface area contributed by atoms with E-state index >= 15 is 0 Å². The topological polar surface area (TPSA) is 72.5 Å². The summed E-state index contributed by atoms with van der Waals surface area (Å²) < 4.78 is 35.6. The van der Waals surface area contributed by atoms with Gasteiger partial charge in [-0.1, -0.05) is 81.4 Å². The van der Waals surface area contributed by atoms with Gasteiger partial charge in [-0.2, -0.15) is 8.42 Å². The zero-order chi connectivity index (χ0) is 18.5. The molecule has 2 rings (SSSR count). The molecule has 0 bridgehead atoms. The Morgan fingerprint density at radius 3 is 1.72 bits per heavy atom. The Labute approximate surface area is 151 Å². The first-order chi connectivity index (χ1) is 11.8. The van der Waals surface area contributed by atoms with Gasteiger partial charge in [0.05, 0.1) is 0 Å². The second kappa shape index (κ2) is 8.24. The molecule has 1 unspecified atom stereocenters. The number of hydrogen-bond donors (Lipinski definition) is 0. The van der Waals surface area contributed by atoms with E-state index in [0.29, 0.717) is 0 Å². The van der Waals surface area contributed by atoms with Crippen molar-refractivity contribution in [1.29, 1.82) is 0 Å². The summed E-state index contributed by atoms with van der Waals surface area (Å²) in [6, 6.07) is 19.1. The van der Waals surface area contributed by atoms with Crippen LogP contribution in [0.4, 0.5) is 0 Å². The van der Waals surface area contributed by atoms with Crippen molar-refractivity contribution in [3.05, 3.63) is 60.7 Å². The molecule has 0 aromatic heterocycles. The van der Waals surface area contributed by atoms with Crippen molar-refractivity contribution in [2.24, 2.45) is 5.41 Å². The summed E-state index contributed by atoms with van der Waals surface area (Å²) in [7, 11) is -6.44. The SMILES string of the molecule is CC(C)(C)C(O[SiH](c1ccccc1)c1ccccc1)S(=O)(=O)OC[O]. The summed E-state index contributed by atoms with van der Waals surface area (Å²) in [6.07, 6.45) is 0. The summed E-state index contributed by atoms with van der Waals surface area (Å²) in [5, 5.41) is 12.7. The minimum atomic E-state index is -4.14. The molecular formula is C18H23O5SSi. The third kappa shape index (κ3) is 5.23. The van der Waals surface area contributed by atoms with Crippen molar-refractivity contribution >= 4 is 29.5 Å². The fourth-order valence-electron chi connectivity index (χ4n) is 2.56. The maximum Gasteiger partial charge on any atom is 0.296 e. The molecule has 0 aliphatic rings. The Kier molecular flexibility index (Phi) is 6.53. The van der Waals surface area contributed by atoms with Crippen LogP contribution in [-0.2, 0) is 23.8 Å². The third-order valence-electron chi connectivity index (χ3n) is 3.65. The van der Waals surface area contributed by atoms with Gasteiger partial charge in [0.25, 0.3) is 10.1 Å². The zero-order valence-corrected chi connectivity index (χ0v) is 16.6. The predicted octanol–water partition coefficient (Wildman–Crippen LogP) is 1.65. The average Bonchev–Trinajstić information content (AvgIpc) is 2.55. The van der Waals surface area contributed by atoms with E-state index in [9.17, 15) is 13.5 Å². The maximum atomic E-state index is 12.5. The van der Waals surface area contributed by atoms with Crippen LogP contribution in [-0.4, -0.2) is 29.7 Å². The predicted molar refractivity (Wildman–Crippen MR) is 99.2 cm³/mol. The summed E-state index contributed by atoms with van der Waals surface area (Å²) in [5.41, 5.74) is -1.98. The first-order valence-electron chi connectivity index (χ1n) is 7.97. The fraction of sp³-hybridized carbons (Fsp3) is 0.333. The highest BCUT2D eigenvalue weighted by atomic mass is 32.2. The largest absolute Gasteiger partial charge is 0.392 e. The first kappa shape index (κ1) is 19.8. The van der Waals surface area contributed by atoms with Crippen molar-refractivity contribution in [1.82, 2.24) is 0 Å². The Bertz CT molecular complexity index is 718. The molecule has 25 heavy (non-hydrogen) atoms. The lowest BCUT2D eigenvalue weighted by atomic mass is 9.98. The van der Waals surface area contributed by atoms with Gasteiger partial charge in [-0.05, 0) is 10.4 Å². The van der Waals surface area contributed by atoms with Crippen LogP contribution in [0.1, 0.15) is 20.8 Å². The van der Waals surface area contributed by atoms with Crippen LogP contribution in [0, 0.1) is 5.41 Å². The number of benzene rings is 2. The molecule has 5 nitrogen and oxygen atoms in total. The molecule has 0 aliphatic carbocycles. The molecule has 0 fully saturated rings. The highest BCUT2D eigenvalue weighted by molar-refractivity contribution is 7.87. The van der Waals surface area contributed by atoms with E-state index in [4.69, 9.17) is 4.43 Å². The highest BCUT2D eigenvalue weighted by Gasteiger charge is 2.41. The Hall–Kier alpha value is -1.51. The van der Waals surface area contributed by atoms with E-state index in [2.05, 4.69) is 4.18 Å². The number of rotatable bonds is 7. The van der Waals surface area contributed by atoms with E-state index in [1.807, 2.05) is 60.7 Å². The lowest BCUT2D eigenvalue weighted by molar-refractivity contribution is 0.0318. The smallest absolute Gasteiger partial charge is 0.296 e. The standard InChI is InChI=1S/C18H23O5SSi/c1-18(2,3)17(24(20,21)22-14-19)23-25(15-10-6-4-7-11-15)16-12-8-5-9-13-16/h4-13,17,25H,14H2,1-3H3. The first-order valence-corrected chi connectivity index (χ1v) is 11.1. The van der Waals surface area contributed by atoms with Gasteiger partial charge in [-0.15, -0.1) is 0 Å². The molecule has 135 valence electrons. The summed E-state index contributed by atoms with van der Waals surface area (Å²) in [4.78, 5) is 0. The van der Waals surface area contributed by atoms with E-state index < -0.39 is 36.8 Å². The van der Waals surface area contributed by atoms with Gasteiger partial charge in [-0.25, -0.2) is 9.29 Å². The molecule has 1 atom stereocenters. The Balaban J connectivity index is 2.47. The molecule has 1 radical (unpaired) electrons. The van der Waals surface area contributed by atoms with Gasteiger partial charge in [0.1, 0.15) is 0 Å². The monoisotopic (exact) mass is 379 g/mol. The zero-order valence-electron chi connectivity index (χ0n) is 14.6. The highest BCUT2D eigenvalue weighted by Crippen LogP contribution is 2.28. The Morgan fingerprint density at radius 2 is 1.36 bits per heavy atom. The molecule has 0 heterocycles. The van der Waals surface area contributed by atoms with Crippen LogP contribution in [0.25, 0.3) is 0 Å². The van der Waals surface area contributed by atoms with Crippen molar-refractivity contribution in [3.63, 3.8) is 0 Å². The van der Waals surface area contributed by atoms with Crippen LogP contribution in [0.5, 0.6) is 0 Å². The van der Waals surface area contributed by atoms with Crippen molar-refractivity contribution < 1.29 is 22.1 Å². The second-order valence-corrected chi connectivity index (χ2v) is 10.8. The minimum absolute atomic E-state index is 0.747. The molecule has 2 aromatic carbocycles. The van der Waals surface area contributed by atoms with Gasteiger partial charge >= 0.3 is 0 Å². The molecule has 0 aliphatic heterocycles. The fourth-order valence-corrected chi connectivity index (χ4v) is 7.06. The number of hydrogen-bond acceptors (Lipinski definition) is 4. The van der Waals surface area contributed by atoms with Crippen LogP contribution >= 0.6 is 0 Å². The summed E-state index contributed by atoms with van der Waals surface area (Å²) in [6.45, 7) is 4.11. The molecule has 0 spiro atoms.